The van der Waals surface area contributed by atoms with Gasteiger partial charge in [-0.1, -0.05) is 6.07 Å². The second-order valence-corrected chi connectivity index (χ2v) is 5.05. The highest BCUT2D eigenvalue weighted by Gasteiger charge is 2.16. The molecule has 6 heteroatoms. The molecule has 0 unspecified atom stereocenters. The number of aromatic nitrogens is 1. The number of aromatic hydroxyl groups is 1. The lowest BCUT2D eigenvalue weighted by atomic mass is 10.1. The number of nitrogens with one attached hydrogen (secondary N) is 2. The molecule has 1 amide bonds. The summed E-state index contributed by atoms with van der Waals surface area (Å²) in [6, 6.07) is 6.99. The Morgan fingerprint density at radius 1 is 1.33 bits per heavy atom. The average Bonchev–Trinajstić information content (AvgIpc) is 2.53. The topological polar surface area (TPSA) is 77.5 Å². The maximum atomic E-state index is 12.1. The molecule has 0 aliphatic carbocycles. The van der Waals surface area contributed by atoms with Crippen LogP contribution in [0.25, 0.3) is 10.8 Å². The number of rotatable bonds is 3. The summed E-state index contributed by atoms with van der Waals surface area (Å²) in [7, 11) is 0. The molecule has 1 aliphatic heterocycles. The van der Waals surface area contributed by atoms with Gasteiger partial charge in [0.2, 0.25) is 5.91 Å². The number of anilines is 1. The summed E-state index contributed by atoms with van der Waals surface area (Å²) in [5, 5.41) is 17.7. The molecule has 110 valence electrons. The Hall–Kier alpha value is -2.34. The van der Waals surface area contributed by atoms with E-state index in [2.05, 4.69) is 15.6 Å². The molecule has 0 bridgehead atoms. The summed E-state index contributed by atoms with van der Waals surface area (Å²) in [5.74, 6) is 0.870. The smallest absolute Gasteiger partial charge is 0.242 e. The predicted molar refractivity (Wildman–Crippen MR) is 81.3 cm³/mol. The monoisotopic (exact) mass is 286 g/mol. The standard InChI is InChI=1S/C15H18N4O2/c20-12-2-1-11-3-4-17-15(13(11)9-12)18-10-14(21)19-7-5-16-6-8-19/h1-4,9,16,20H,5-8,10H2,(H,17,18). The Labute approximate surface area is 122 Å². The van der Waals surface area contributed by atoms with Crippen LogP contribution in [-0.4, -0.2) is 53.6 Å². The third-order valence-corrected chi connectivity index (χ3v) is 3.63. The van der Waals surface area contributed by atoms with Gasteiger partial charge in [0.25, 0.3) is 0 Å². The minimum Gasteiger partial charge on any atom is -0.508 e. The minimum absolute atomic E-state index is 0.0652. The van der Waals surface area contributed by atoms with Crippen molar-refractivity contribution in [2.75, 3.05) is 38.0 Å². The van der Waals surface area contributed by atoms with Crippen molar-refractivity contribution < 1.29 is 9.90 Å². The first-order valence-electron chi connectivity index (χ1n) is 7.04. The first-order valence-corrected chi connectivity index (χ1v) is 7.04. The second-order valence-electron chi connectivity index (χ2n) is 5.05. The minimum atomic E-state index is 0.0652. The molecule has 2 heterocycles. The third kappa shape index (κ3) is 3.05. The fourth-order valence-electron chi connectivity index (χ4n) is 2.48. The highest BCUT2D eigenvalue weighted by Crippen LogP contribution is 2.24. The normalized spacial score (nSPS) is 15.1. The van der Waals surface area contributed by atoms with Gasteiger partial charge in [-0.25, -0.2) is 4.98 Å². The van der Waals surface area contributed by atoms with Crippen molar-refractivity contribution in [1.82, 2.24) is 15.2 Å². The number of phenolic OH excluding ortho intramolecular Hbond substituents is 1. The number of hydrogen-bond donors (Lipinski definition) is 3. The quantitative estimate of drug-likeness (QED) is 0.777. The predicted octanol–water partition coefficient (Wildman–Crippen LogP) is 0.784. The average molecular weight is 286 g/mol. The van der Waals surface area contributed by atoms with Gasteiger partial charge in [0.05, 0.1) is 6.54 Å². The summed E-state index contributed by atoms with van der Waals surface area (Å²) in [6.07, 6.45) is 1.69. The molecule has 0 radical (unpaired) electrons. The number of carbonyl (C=O) groups excluding carboxylic acids is 1. The molecule has 0 atom stereocenters. The molecule has 2 aromatic rings. The number of carbonyl (C=O) groups is 1. The molecular formula is C15H18N4O2. The van der Waals surface area contributed by atoms with Crippen LogP contribution in [-0.2, 0) is 4.79 Å². The number of phenols is 1. The molecule has 6 nitrogen and oxygen atoms in total. The van der Waals surface area contributed by atoms with E-state index in [1.807, 2.05) is 17.0 Å². The molecule has 1 fully saturated rings. The highest BCUT2D eigenvalue weighted by molar-refractivity contribution is 5.94. The number of benzene rings is 1. The lowest BCUT2D eigenvalue weighted by Crippen LogP contribution is -2.48. The number of piperazine rings is 1. The Morgan fingerprint density at radius 2 is 2.14 bits per heavy atom. The zero-order valence-electron chi connectivity index (χ0n) is 11.7. The van der Waals surface area contributed by atoms with Crippen molar-refractivity contribution in [3.63, 3.8) is 0 Å². The summed E-state index contributed by atoms with van der Waals surface area (Å²) in [6.45, 7) is 3.37. The van der Waals surface area contributed by atoms with Crippen LogP contribution in [0.2, 0.25) is 0 Å². The summed E-state index contributed by atoms with van der Waals surface area (Å²) >= 11 is 0. The van der Waals surface area contributed by atoms with Crippen molar-refractivity contribution >= 4 is 22.5 Å². The Morgan fingerprint density at radius 3 is 2.95 bits per heavy atom. The Bertz CT molecular complexity index is 653. The van der Waals surface area contributed by atoms with Gasteiger partial charge in [-0.05, 0) is 23.6 Å². The Balaban J connectivity index is 1.72. The second kappa shape index (κ2) is 5.97. The zero-order valence-corrected chi connectivity index (χ0v) is 11.7. The van der Waals surface area contributed by atoms with Crippen LogP contribution >= 0.6 is 0 Å². The first kappa shape index (κ1) is 13.6. The molecule has 0 saturated carbocycles. The van der Waals surface area contributed by atoms with Crippen molar-refractivity contribution in [1.29, 1.82) is 0 Å². The van der Waals surface area contributed by atoms with E-state index in [0.717, 1.165) is 37.0 Å². The van der Waals surface area contributed by atoms with Gasteiger partial charge in [-0.2, -0.15) is 0 Å². The molecule has 3 rings (SSSR count). The Kier molecular flexibility index (Phi) is 3.87. The number of nitrogens with zero attached hydrogens (tertiary/aromatic N) is 2. The van der Waals surface area contributed by atoms with Gasteiger partial charge >= 0.3 is 0 Å². The summed E-state index contributed by atoms with van der Waals surface area (Å²) < 4.78 is 0. The van der Waals surface area contributed by atoms with Crippen LogP contribution in [0.1, 0.15) is 0 Å². The van der Waals surface area contributed by atoms with Crippen LogP contribution < -0.4 is 10.6 Å². The van der Waals surface area contributed by atoms with E-state index >= 15 is 0 Å². The first-order chi connectivity index (χ1) is 10.2. The molecule has 21 heavy (non-hydrogen) atoms. The van der Waals surface area contributed by atoms with E-state index in [-0.39, 0.29) is 18.2 Å². The lowest BCUT2D eigenvalue weighted by molar-refractivity contribution is -0.129. The molecule has 1 saturated heterocycles. The van der Waals surface area contributed by atoms with Gasteiger partial charge in [0.1, 0.15) is 11.6 Å². The SMILES string of the molecule is O=C(CNc1nccc2ccc(O)cc12)N1CCNCC1. The van der Waals surface area contributed by atoms with Crippen LogP contribution in [0.4, 0.5) is 5.82 Å². The van der Waals surface area contributed by atoms with Crippen LogP contribution in [0.5, 0.6) is 5.75 Å². The number of pyridine rings is 1. The van der Waals surface area contributed by atoms with Crippen LogP contribution in [0, 0.1) is 0 Å². The maximum Gasteiger partial charge on any atom is 0.242 e. The van der Waals surface area contributed by atoms with E-state index in [0.29, 0.717) is 5.82 Å². The number of fused-ring (bicyclic) bond motifs is 1. The van der Waals surface area contributed by atoms with Crippen molar-refractivity contribution in [2.24, 2.45) is 0 Å². The van der Waals surface area contributed by atoms with Gasteiger partial charge in [0, 0.05) is 37.8 Å². The van der Waals surface area contributed by atoms with Crippen molar-refractivity contribution in [2.45, 2.75) is 0 Å². The van der Waals surface area contributed by atoms with E-state index in [1.165, 1.54) is 0 Å². The molecule has 1 aromatic carbocycles. The molecule has 0 spiro atoms. The number of hydrogen-bond acceptors (Lipinski definition) is 5. The van der Waals surface area contributed by atoms with Gasteiger partial charge < -0.3 is 20.6 Å². The van der Waals surface area contributed by atoms with E-state index < -0.39 is 0 Å². The molecule has 1 aliphatic rings. The van der Waals surface area contributed by atoms with Crippen molar-refractivity contribution in [3.8, 4) is 5.75 Å². The lowest BCUT2D eigenvalue weighted by Gasteiger charge is -2.27. The van der Waals surface area contributed by atoms with Gasteiger partial charge in [-0.15, -0.1) is 0 Å². The summed E-state index contributed by atoms with van der Waals surface area (Å²) in [5.41, 5.74) is 0. The zero-order chi connectivity index (χ0) is 14.7. The fourth-order valence-corrected chi connectivity index (χ4v) is 2.48. The van der Waals surface area contributed by atoms with Crippen LogP contribution in [0.3, 0.4) is 0 Å². The van der Waals surface area contributed by atoms with E-state index in [4.69, 9.17) is 0 Å². The number of amides is 1. The summed E-state index contributed by atoms with van der Waals surface area (Å²) in [4.78, 5) is 18.2. The van der Waals surface area contributed by atoms with Crippen LogP contribution in [0.15, 0.2) is 30.5 Å². The molecule has 3 N–H and O–H groups in total. The van der Waals surface area contributed by atoms with Gasteiger partial charge in [0.15, 0.2) is 0 Å². The van der Waals surface area contributed by atoms with E-state index in [1.54, 1.807) is 18.3 Å². The largest absolute Gasteiger partial charge is 0.508 e. The van der Waals surface area contributed by atoms with Crippen molar-refractivity contribution in [3.05, 3.63) is 30.5 Å². The highest BCUT2D eigenvalue weighted by atomic mass is 16.3. The molecular weight excluding hydrogens is 268 g/mol. The van der Waals surface area contributed by atoms with Gasteiger partial charge in [-0.3, -0.25) is 4.79 Å². The fraction of sp³-hybridized carbons (Fsp3) is 0.333. The van der Waals surface area contributed by atoms with E-state index in [9.17, 15) is 9.90 Å². The maximum absolute atomic E-state index is 12.1. The third-order valence-electron chi connectivity index (χ3n) is 3.63. The molecule has 1 aromatic heterocycles.